The SMILES string of the molecule is COc1cccc(C2S[C@@H](Cc3ncc(CCC(=O)O)s3)C(N)=[N+](C(=N)C(F)F)c3ccc(Cl)cc32)c1OC. The van der Waals surface area contributed by atoms with E-state index in [1.807, 2.05) is 12.1 Å². The van der Waals surface area contributed by atoms with E-state index in [4.69, 9.17) is 37.3 Å². The number of para-hydroxylation sites is 1. The summed E-state index contributed by atoms with van der Waals surface area (Å²) in [5.74, 6) is -0.836. The summed E-state index contributed by atoms with van der Waals surface area (Å²) in [6.07, 6.45) is -0.883. The van der Waals surface area contributed by atoms with Gasteiger partial charge in [-0.05, 0) is 30.7 Å². The Kier molecular flexibility index (Phi) is 9.08. The van der Waals surface area contributed by atoms with Gasteiger partial charge in [0.05, 0.1) is 36.1 Å². The van der Waals surface area contributed by atoms with Crippen LogP contribution < -0.4 is 15.2 Å². The number of amidine groups is 2. The monoisotopic (exact) mass is 595 g/mol. The van der Waals surface area contributed by atoms with Gasteiger partial charge < -0.3 is 20.3 Å². The van der Waals surface area contributed by atoms with E-state index in [9.17, 15) is 13.6 Å². The number of hydrogen-bond donors (Lipinski definition) is 3. The van der Waals surface area contributed by atoms with Gasteiger partial charge in [-0.3, -0.25) is 4.79 Å². The number of ether oxygens (including phenoxy) is 2. The lowest BCUT2D eigenvalue weighted by molar-refractivity contribution is -0.322. The third kappa shape index (κ3) is 6.18. The van der Waals surface area contributed by atoms with Crippen molar-refractivity contribution in [3.05, 3.63) is 68.6 Å². The number of carbonyl (C=O) groups is 1. The van der Waals surface area contributed by atoms with Crippen LogP contribution >= 0.6 is 34.7 Å². The lowest BCUT2D eigenvalue weighted by Gasteiger charge is -2.23. The van der Waals surface area contributed by atoms with E-state index in [1.165, 1.54) is 37.3 Å². The van der Waals surface area contributed by atoms with E-state index in [1.54, 1.807) is 30.5 Å². The molecule has 1 aliphatic heterocycles. The van der Waals surface area contributed by atoms with Crippen molar-refractivity contribution in [2.24, 2.45) is 5.73 Å². The summed E-state index contributed by atoms with van der Waals surface area (Å²) < 4.78 is 40.2. The number of methoxy groups -OCH3 is 2. The van der Waals surface area contributed by atoms with E-state index in [0.29, 0.717) is 39.2 Å². The minimum Gasteiger partial charge on any atom is -0.493 e. The number of thioether (sulfide) groups is 1. The third-order valence-corrected chi connectivity index (χ3v) is 8.94. The van der Waals surface area contributed by atoms with Gasteiger partial charge in [0.25, 0.3) is 0 Å². The van der Waals surface area contributed by atoms with Gasteiger partial charge in [-0.25, -0.2) is 4.98 Å². The molecule has 1 unspecified atom stereocenters. The van der Waals surface area contributed by atoms with Crippen LogP contribution in [0.4, 0.5) is 14.5 Å². The lowest BCUT2D eigenvalue weighted by atomic mass is 10.0. The highest BCUT2D eigenvalue weighted by atomic mass is 35.5. The second-order valence-corrected chi connectivity index (χ2v) is 11.5. The number of nitrogens with zero attached hydrogens (tertiary/aromatic N) is 2. The minimum atomic E-state index is -3.08. The summed E-state index contributed by atoms with van der Waals surface area (Å²) in [5, 5.41) is 17.2. The van der Waals surface area contributed by atoms with Crippen LogP contribution in [0.1, 0.15) is 32.7 Å². The van der Waals surface area contributed by atoms with Crippen LogP contribution in [0.5, 0.6) is 11.5 Å². The van der Waals surface area contributed by atoms with Crippen LogP contribution in [0.25, 0.3) is 0 Å². The molecule has 0 radical (unpaired) electrons. The number of carboxylic acid groups (broad SMARTS) is 1. The van der Waals surface area contributed by atoms with E-state index >= 15 is 0 Å². The zero-order valence-corrected chi connectivity index (χ0v) is 23.4. The van der Waals surface area contributed by atoms with Crippen molar-refractivity contribution in [3.63, 3.8) is 0 Å². The molecule has 0 amide bonds. The van der Waals surface area contributed by atoms with Gasteiger partial charge >= 0.3 is 18.2 Å². The summed E-state index contributed by atoms with van der Waals surface area (Å²) >= 11 is 9.14. The van der Waals surface area contributed by atoms with Crippen LogP contribution in [-0.2, 0) is 17.6 Å². The molecule has 2 heterocycles. The number of nitrogens with one attached hydrogen (secondary N) is 1. The zero-order chi connectivity index (χ0) is 28.3. The number of rotatable bonds is 9. The van der Waals surface area contributed by atoms with Crippen molar-refractivity contribution in [2.75, 3.05) is 14.2 Å². The number of benzene rings is 2. The largest absolute Gasteiger partial charge is 0.493 e. The lowest BCUT2D eigenvalue weighted by Crippen LogP contribution is -2.39. The number of halogens is 3. The second kappa shape index (κ2) is 12.3. The van der Waals surface area contributed by atoms with Crippen LogP contribution in [0.2, 0.25) is 5.02 Å². The number of carboxylic acids is 1. The Morgan fingerprint density at radius 2 is 2.03 bits per heavy atom. The topological polar surface area (TPSA) is 122 Å². The molecule has 4 rings (SSSR count). The summed E-state index contributed by atoms with van der Waals surface area (Å²) in [4.78, 5) is 16.2. The van der Waals surface area contributed by atoms with E-state index in [-0.39, 0.29) is 18.7 Å². The van der Waals surface area contributed by atoms with Crippen LogP contribution in [0, 0.1) is 5.41 Å². The number of hydrogen-bond acceptors (Lipinski definition) is 8. The summed E-state index contributed by atoms with van der Waals surface area (Å²) in [7, 11) is 3.05. The summed E-state index contributed by atoms with van der Waals surface area (Å²) in [6, 6.07) is 10.3. The third-order valence-electron chi connectivity index (χ3n) is 6.11. The molecule has 1 aliphatic rings. The first-order valence-corrected chi connectivity index (χ1v) is 13.9. The zero-order valence-electron chi connectivity index (χ0n) is 21.0. The molecule has 0 aliphatic carbocycles. The van der Waals surface area contributed by atoms with Gasteiger partial charge in [-0.2, -0.15) is 18.8 Å². The maximum Gasteiger partial charge on any atom is 0.325 e. The molecule has 4 N–H and O–H groups in total. The van der Waals surface area contributed by atoms with E-state index < -0.39 is 28.7 Å². The first-order valence-electron chi connectivity index (χ1n) is 11.7. The Morgan fingerprint density at radius 1 is 1.26 bits per heavy atom. The molecule has 39 heavy (non-hydrogen) atoms. The maximum absolute atomic E-state index is 14.0. The smallest absolute Gasteiger partial charge is 0.325 e. The normalized spacial score (nSPS) is 17.1. The predicted octanol–water partition coefficient (Wildman–Crippen LogP) is 5.52. The van der Waals surface area contributed by atoms with Crippen molar-refractivity contribution in [1.82, 2.24) is 4.98 Å². The fraction of sp³-hybridized carbons (Fsp3) is 0.308. The fourth-order valence-electron chi connectivity index (χ4n) is 4.35. The molecule has 13 heteroatoms. The summed E-state index contributed by atoms with van der Waals surface area (Å²) in [6.45, 7) is 0. The highest BCUT2D eigenvalue weighted by Crippen LogP contribution is 2.50. The molecule has 0 fully saturated rings. The predicted molar refractivity (Wildman–Crippen MR) is 149 cm³/mol. The van der Waals surface area contributed by atoms with E-state index in [2.05, 4.69) is 4.98 Å². The number of fused-ring (bicyclic) bond motifs is 1. The van der Waals surface area contributed by atoms with Crippen LogP contribution in [0.3, 0.4) is 0 Å². The Bertz CT molecular complexity index is 1430. The second-order valence-electron chi connectivity index (χ2n) is 8.56. The highest BCUT2D eigenvalue weighted by molar-refractivity contribution is 8.01. The number of thiazole rings is 1. The number of aliphatic carboxylic acids is 1. The average molecular weight is 596 g/mol. The molecule has 0 bridgehead atoms. The minimum absolute atomic E-state index is 0.0266. The van der Waals surface area contributed by atoms with Crippen molar-refractivity contribution in [3.8, 4) is 11.5 Å². The maximum atomic E-state index is 14.0. The molecule has 2 atom stereocenters. The van der Waals surface area contributed by atoms with Crippen molar-refractivity contribution < 1.29 is 32.7 Å². The number of nitrogens with two attached hydrogens (primary N) is 1. The Labute approximate surface area is 236 Å². The Balaban J connectivity index is 1.87. The van der Waals surface area contributed by atoms with E-state index in [0.717, 1.165) is 15.0 Å². The standard InChI is InChI=1S/C26H25ClF2N4O4S2/c1-36-18-5-3-4-15(22(18)37-2)23-16-10-13(27)6-8-17(16)33(26(31)24(28)29)25(30)19(39-23)11-20-32-12-14(38-20)7-9-21(34)35/h3-6,8,10,12,19,23-24,30-31H,7,9,11H2,1-2H3,(H,34,35)/p+1/t19-,23?/m0/s1. The molecule has 206 valence electrons. The van der Waals surface area contributed by atoms with Crippen LogP contribution in [0.15, 0.2) is 42.6 Å². The fourth-order valence-corrected chi connectivity index (χ4v) is 7.10. The van der Waals surface area contributed by atoms with Gasteiger partial charge in [-0.1, -0.05) is 23.7 Å². The first kappa shape index (κ1) is 28.8. The number of aryl methyl sites for hydroxylation is 1. The van der Waals surface area contributed by atoms with Crippen molar-refractivity contribution in [1.29, 1.82) is 5.41 Å². The Hall–Kier alpha value is -3.22. The molecule has 2 aromatic carbocycles. The molecule has 0 spiro atoms. The first-order chi connectivity index (χ1) is 18.6. The highest BCUT2D eigenvalue weighted by Gasteiger charge is 2.39. The van der Waals surface area contributed by atoms with Crippen molar-refractivity contribution >= 4 is 58.0 Å². The molecule has 0 saturated heterocycles. The average Bonchev–Trinajstić information content (AvgIpc) is 3.32. The molecule has 8 nitrogen and oxygen atoms in total. The quantitative estimate of drug-likeness (QED) is 0.169. The van der Waals surface area contributed by atoms with Gasteiger partial charge in [0.2, 0.25) is 5.84 Å². The molecular weight excluding hydrogens is 570 g/mol. The van der Waals surface area contributed by atoms with Gasteiger partial charge in [-0.15, -0.1) is 23.1 Å². The van der Waals surface area contributed by atoms with Gasteiger partial charge in [0.15, 0.2) is 11.5 Å². The number of aromatic nitrogens is 1. The molecule has 0 saturated carbocycles. The molecular formula is C26H26ClF2N4O4S2+. The van der Waals surface area contributed by atoms with Crippen molar-refractivity contribution in [2.45, 2.75) is 36.2 Å². The summed E-state index contributed by atoms with van der Waals surface area (Å²) in [5.41, 5.74) is 8.20. The molecule has 3 aromatic rings. The Morgan fingerprint density at radius 3 is 2.69 bits per heavy atom. The van der Waals surface area contributed by atoms with Crippen LogP contribution in [-0.4, -0.2) is 58.2 Å². The molecule has 1 aromatic heterocycles. The van der Waals surface area contributed by atoms with Gasteiger partial charge in [0.1, 0.15) is 5.69 Å². The number of alkyl halides is 2. The van der Waals surface area contributed by atoms with Gasteiger partial charge in [0, 0.05) is 33.6 Å².